The van der Waals surface area contributed by atoms with Gasteiger partial charge in [0.25, 0.3) is 0 Å². The summed E-state index contributed by atoms with van der Waals surface area (Å²) >= 11 is 12.2. The van der Waals surface area contributed by atoms with Crippen LogP contribution in [-0.4, -0.2) is 6.54 Å². The number of benzene rings is 1. The van der Waals surface area contributed by atoms with Gasteiger partial charge in [0.05, 0.1) is 10.0 Å². The third-order valence-corrected chi connectivity index (χ3v) is 4.84. The van der Waals surface area contributed by atoms with Crippen LogP contribution in [0.25, 0.3) is 0 Å². The summed E-state index contributed by atoms with van der Waals surface area (Å²) in [5.41, 5.74) is 1.28. The number of hydrogen-bond acceptors (Lipinski definition) is 1. The molecule has 19 heavy (non-hydrogen) atoms. The lowest BCUT2D eigenvalue weighted by Crippen LogP contribution is -2.28. The normalized spacial score (nSPS) is 19.1. The van der Waals surface area contributed by atoms with Gasteiger partial charge in [0.1, 0.15) is 0 Å². The summed E-state index contributed by atoms with van der Waals surface area (Å²) in [6.45, 7) is 3.16. The van der Waals surface area contributed by atoms with Crippen molar-refractivity contribution in [3.63, 3.8) is 0 Å². The summed E-state index contributed by atoms with van der Waals surface area (Å²) in [6, 6.07) is 6.48. The third kappa shape index (κ3) is 4.11. The van der Waals surface area contributed by atoms with Gasteiger partial charge in [-0.1, -0.05) is 61.9 Å². The van der Waals surface area contributed by atoms with Crippen LogP contribution in [0.4, 0.5) is 0 Å². The van der Waals surface area contributed by atoms with Gasteiger partial charge in [-0.2, -0.15) is 0 Å². The fraction of sp³-hybridized carbons (Fsp3) is 0.625. The minimum Gasteiger partial charge on any atom is -0.310 e. The minimum absolute atomic E-state index is 0.415. The zero-order valence-electron chi connectivity index (χ0n) is 11.6. The Kier molecular flexibility index (Phi) is 6.00. The molecule has 1 saturated carbocycles. The molecule has 0 aliphatic heterocycles. The van der Waals surface area contributed by atoms with Gasteiger partial charge >= 0.3 is 0 Å². The van der Waals surface area contributed by atoms with E-state index in [2.05, 4.69) is 18.3 Å². The average molecular weight is 300 g/mol. The number of nitrogens with one attached hydrogen (secondary N) is 1. The Hall–Kier alpha value is -0.240. The molecule has 1 unspecified atom stereocenters. The zero-order chi connectivity index (χ0) is 13.7. The van der Waals surface area contributed by atoms with E-state index in [1.807, 2.05) is 12.1 Å². The van der Waals surface area contributed by atoms with E-state index in [1.165, 1.54) is 44.1 Å². The van der Waals surface area contributed by atoms with Crippen molar-refractivity contribution in [2.75, 3.05) is 6.54 Å². The molecule has 0 spiro atoms. The van der Waals surface area contributed by atoms with Crippen LogP contribution in [-0.2, 0) is 0 Å². The molecule has 1 fully saturated rings. The first-order valence-electron chi connectivity index (χ1n) is 7.40. The molecule has 0 heterocycles. The predicted molar refractivity (Wildman–Crippen MR) is 84.1 cm³/mol. The van der Waals surface area contributed by atoms with E-state index < -0.39 is 0 Å². The molecule has 0 saturated heterocycles. The van der Waals surface area contributed by atoms with E-state index in [0.717, 1.165) is 12.5 Å². The average Bonchev–Trinajstić information content (AvgIpc) is 2.68. The van der Waals surface area contributed by atoms with Gasteiger partial charge in [0, 0.05) is 6.04 Å². The Morgan fingerprint density at radius 2 is 1.79 bits per heavy atom. The molecule has 1 aliphatic carbocycles. The second kappa shape index (κ2) is 7.52. The van der Waals surface area contributed by atoms with Crippen molar-refractivity contribution < 1.29 is 0 Å². The van der Waals surface area contributed by atoms with Crippen LogP contribution in [0.15, 0.2) is 18.2 Å². The lowest BCUT2D eigenvalue weighted by atomic mass is 9.87. The Morgan fingerprint density at radius 3 is 2.37 bits per heavy atom. The van der Waals surface area contributed by atoms with Gasteiger partial charge in [-0.25, -0.2) is 0 Å². The first-order valence-corrected chi connectivity index (χ1v) is 8.16. The highest BCUT2D eigenvalue weighted by molar-refractivity contribution is 6.42. The fourth-order valence-corrected chi connectivity index (χ4v) is 3.43. The summed E-state index contributed by atoms with van der Waals surface area (Å²) in [4.78, 5) is 0. The SMILES string of the molecule is CCNC(c1ccc(Cl)c(Cl)c1)C1CCCCCC1. The van der Waals surface area contributed by atoms with Crippen LogP contribution in [0.1, 0.15) is 57.1 Å². The van der Waals surface area contributed by atoms with Crippen LogP contribution in [0.3, 0.4) is 0 Å². The molecule has 106 valence electrons. The molecule has 3 heteroatoms. The van der Waals surface area contributed by atoms with Crippen LogP contribution < -0.4 is 5.32 Å². The maximum Gasteiger partial charge on any atom is 0.0595 e. The molecule has 0 bridgehead atoms. The number of halogens is 2. The van der Waals surface area contributed by atoms with Gasteiger partial charge < -0.3 is 5.32 Å². The molecule has 0 radical (unpaired) electrons. The van der Waals surface area contributed by atoms with Crippen LogP contribution >= 0.6 is 23.2 Å². The van der Waals surface area contributed by atoms with Crippen molar-refractivity contribution in [3.8, 4) is 0 Å². The highest BCUT2D eigenvalue weighted by Gasteiger charge is 2.23. The molecule has 1 aromatic carbocycles. The summed E-state index contributed by atoms with van der Waals surface area (Å²) in [5, 5.41) is 4.94. The van der Waals surface area contributed by atoms with Gasteiger partial charge in [-0.05, 0) is 43.0 Å². The molecular formula is C16H23Cl2N. The summed E-state index contributed by atoms with van der Waals surface area (Å²) < 4.78 is 0. The monoisotopic (exact) mass is 299 g/mol. The van der Waals surface area contributed by atoms with Crippen LogP contribution in [0.5, 0.6) is 0 Å². The molecule has 1 nitrogen and oxygen atoms in total. The summed E-state index contributed by atoms with van der Waals surface area (Å²) in [7, 11) is 0. The van der Waals surface area contributed by atoms with Crippen LogP contribution in [0.2, 0.25) is 10.0 Å². The molecule has 0 amide bonds. The zero-order valence-corrected chi connectivity index (χ0v) is 13.1. The first-order chi connectivity index (χ1) is 9.22. The molecule has 1 aliphatic rings. The standard InChI is InChI=1S/C16H23Cl2N/c1-2-19-16(12-7-5-3-4-6-8-12)13-9-10-14(17)15(18)11-13/h9-12,16,19H,2-8H2,1H3. The largest absolute Gasteiger partial charge is 0.310 e. The molecule has 1 aromatic rings. The molecule has 0 aromatic heterocycles. The van der Waals surface area contributed by atoms with Gasteiger partial charge in [0.2, 0.25) is 0 Å². The van der Waals surface area contributed by atoms with E-state index in [1.54, 1.807) is 0 Å². The van der Waals surface area contributed by atoms with Crippen molar-refractivity contribution in [1.29, 1.82) is 0 Å². The van der Waals surface area contributed by atoms with Crippen molar-refractivity contribution >= 4 is 23.2 Å². The molecule has 2 rings (SSSR count). The highest BCUT2D eigenvalue weighted by atomic mass is 35.5. The summed E-state index contributed by atoms with van der Waals surface area (Å²) in [6.07, 6.45) is 8.12. The van der Waals surface area contributed by atoms with Crippen LogP contribution in [0, 0.1) is 5.92 Å². The second-order valence-corrected chi connectivity index (χ2v) is 6.27. The fourth-order valence-electron chi connectivity index (χ4n) is 3.13. The van der Waals surface area contributed by atoms with Crippen molar-refractivity contribution in [2.45, 2.75) is 51.5 Å². The maximum absolute atomic E-state index is 6.17. The molecular weight excluding hydrogens is 277 g/mol. The maximum atomic E-state index is 6.17. The highest BCUT2D eigenvalue weighted by Crippen LogP contribution is 2.35. The molecule has 1 atom stereocenters. The Balaban J connectivity index is 2.19. The Bertz CT molecular complexity index is 398. The summed E-state index contributed by atoms with van der Waals surface area (Å²) in [5.74, 6) is 0.722. The van der Waals surface area contributed by atoms with E-state index in [9.17, 15) is 0 Å². The minimum atomic E-state index is 0.415. The van der Waals surface area contributed by atoms with Crippen molar-refractivity contribution in [3.05, 3.63) is 33.8 Å². The van der Waals surface area contributed by atoms with Gasteiger partial charge in [-0.3, -0.25) is 0 Å². The van der Waals surface area contributed by atoms with Crippen molar-refractivity contribution in [1.82, 2.24) is 5.32 Å². The smallest absolute Gasteiger partial charge is 0.0595 e. The Morgan fingerprint density at radius 1 is 1.11 bits per heavy atom. The van der Waals surface area contributed by atoms with Crippen molar-refractivity contribution in [2.24, 2.45) is 5.92 Å². The third-order valence-electron chi connectivity index (χ3n) is 4.10. The second-order valence-electron chi connectivity index (χ2n) is 5.46. The van der Waals surface area contributed by atoms with E-state index >= 15 is 0 Å². The van der Waals surface area contributed by atoms with Gasteiger partial charge in [0.15, 0.2) is 0 Å². The first kappa shape index (κ1) is 15.2. The Labute approximate surface area is 126 Å². The molecule has 1 N–H and O–H groups in total. The van der Waals surface area contributed by atoms with E-state index in [-0.39, 0.29) is 0 Å². The number of rotatable bonds is 4. The predicted octanol–water partition coefficient (Wildman–Crippen LogP) is 5.61. The quantitative estimate of drug-likeness (QED) is 0.712. The number of hydrogen-bond donors (Lipinski definition) is 1. The topological polar surface area (TPSA) is 12.0 Å². The van der Waals surface area contributed by atoms with Gasteiger partial charge in [-0.15, -0.1) is 0 Å². The van der Waals surface area contributed by atoms with E-state index in [0.29, 0.717) is 16.1 Å². The lowest BCUT2D eigenvalue weighted by Gasteiger charge is -2.27. The van der Waals surface area contributed by atoms with E-state index in [4.69, 9.17) is 23.2 Å². The lowest BCUT2D eigenvalue weighted by molar-refractivity contribution is 0.330.